The molecule has 378 valence electrons. The summed E-state index contributed by atoms with van der Waals surface area (Å²) in [5, 5.41) is 41.6. The van der Waals surface area contributed by atoms with Gasteiger partial charge in [-0.25, -0.2) is 0 Å². The minimum atomic E-state index is -1.46. The first-order valence-electron chi connectivity index (χ1n) is 24.6. The number of ether oxygens (including phenoxy) is 2. The Bertz CT molecular complexity index is 2410. The third kappa shape index (κ3) is 10.5. The topological polar surface area (TPSA) is 247 Å². The van der Waals surface area contributed by atoms with E-state index < -0.39 is 94.3 Å². The molecule has 0 bridgehead atoms. The van der Waals surface area contributed by atoms with Gasteiger partial charge in [-0.15, -0.1) is 11.8 Å². The van der Waals surface area contributed by atoms with Crippen LogP contribution in [0.15, 0.2) is 72.3 Å². The van der Waals surface area contributed by atoms with Crippen molar-refractivity contribution in [3.63, 3.8) is 0 Å². The van der Waals surface area contributed by atoms with Gasteiger partial charge in [-0.3, -0.25) is 33.6 Å². The van der Waals surface area contributed by atoms with Gasteiger partial charge in [-0.05, 0) is 106 Å². The third-order valence-electron chi connectivity index (χ3n) is 15.7. The number of rotatable bonds is 20. The first-order chi connectivity index (χ1) is 33.3. The molecule has 4 aliphatic carbocycles. The molecule has 70 heavy (non-hydrogen) atoms. The summed E-state index contributed by atoms with van der Waals surface area (Å²) in [6, 6.07) is 13.0. The first kappa shape index (κ1) is 52.6. The highest BCUT2D eigenvalue weighted by Gasteiger charge is 2.76. The largest absolute Gasteiger partial charge is 0.481 e. The van der Waals surface area contributed by atoms with Gasteiger partial charge in [0.1, 0.15) is 18.7 Å². The number of carboxylic acid groups (broad SMARTS) is 1. The molecule has 12 atom stereocenters. The van der Waals surface area contributed by atoms with Gasteiger partial charge in [-0.1, -0.05) is 75.7 Å². The molecule has 7 rings (SSSR count). The predicted molar refractivity (Wildman–Crippen MR) is 262 cm³/mol. The number of nitrogens with one attached hydrogen (secondary N) is 4. The van der Waals surface area contributed by atoms with E-state index in [0.717, 1.165) is 42.4 Å². The lowest BCUT2D eigenvalue weighted by atomic mass is 9.46. The van der Waals surface area contributed by atoms with Crippen molar-refractivity contribution in [2.75, 3.05) is 18.5 Å². The highest BCUT2D eigenvalue weighted by molar-refractivity contribution is 8.01. The molecule has 1 aliphatic heterocycles. The molecule has 0 radical (unpaired) electrons. The molecule has 17 heteroatoms. The zero-order valence-electron chi connectivity index (χ0n) is 40.8. The number of carboxylic acids is 1. The highest BCUT2D eigenvalue weighted by atomic mass is 32.2. The third-order valence-corrected chi connectivity index (χ3v) is 17.5. The summed E-state index contributed by atoms with van der Waals surface area (Å²) in [7, 11) is 0. The Labute approximate surface area is 413 Å². The number of benzene rings is 2. The zero-order valence-corrected chi connectivity index (χ0v) is 41.6. The van der Waals surface area contributed by atoms with Crippen LogP contribution in [0.5, 0.6) is 0 Å². The maximum Gasteiger partial charge on any atom is 0.305 e. The van der Waals surface area contributed by atoms with Crippen LogP contribution < -0.4 is 21.3 Å². The lowest BCUT2D eigenvalue weighted by molar-refractivity contribution is -0.201. The molecule has 0 spiro atoms. The molecule has 3 saturated carbocycles. The van der Waals surface area contributed by atoms with Gasteiger partial charge in [0.05, 0.1) is 23.9 Å². The Morgan fingerprint density at radius 3 is 2.33 bits per heavy atom. The number of thioether (sulfide) groups is 1. The summed E-state index contributed by atoms with van der Waals surface area (Å²) in [4.78, 5) is 89.1. The number of allylic oxidation sites excluding steroid dienone is 4. The molecule has 7 N–H and O–H groups in total. The van der Waals surface area contributed by atoms with Crippen molar-refractivity contribution in [3.05, 3.63) is 89.0 Å². The number of ketones is 2. The molecule has 3 unspecified atom stereocenters. The van der Waals surface area contributed by atoms with Gasteiger partial charge < -0.3 is 46.1 Å². The molecule has 5 aliphatic rings. The fraction of sp³-hybridized carbons (Fsp3) is 0.566. The summed E-state index contributed by atoms with van der Waals surface area (Å²) in [5.41, 5.74) is 1.38. The van der Waals surface area contributed by atoms with Gasteiger partial charge in [0.2, 0.25) is 23.6 Å². The average molecular weight is 985 g/mol. The van der Waals surface area contributed by atoms with Crippen LogP contribution >= 0.6 is 11.8 Å². The van der Waals surface area contributed by atoms with Crippen molar-refractivity contribution in [2.24, 2.45) is 28.6 Å². The molecule has 16 nitrogen and oxygen atoms in total. The monoisotopic (exact) mass is 984 g/mol. The summed E-state index contributed by atoms with van der Waals surface area (Å²) in [6.07, 6.45) is 6.95. The van der Waals surface area contributed by atoms with Crippen molar-refractivity contribution in [3.8, 4) is 0 Å². The molecule has 1 heterocycles. The number of aliphatic hydroxyl groups excluding tert-OH is 2. The summed E-state index contributed by atoms with van der Waals surface area (Å²) < 4.78 is 13.4. The highest BCUT2D eigenvalue weighted by Crippen LogP contribution is 2.70. The van der Waals surface area contributed by atoms with E-state index in [4.69, 9.17) is 9.47 Å². The van der Waals surface area contributed by atoms with Crippen LogP contribution in [0.2, 0.25) is 0 Å². The summed E-state index contributed by atoms with van der Waals surface area (Å²) in [6.45, 7) is 10.3. The molecular formula is C53H68N4O12S. The minimum absolute atomic E-state index is 0.0161. The van der Waals surface area contributed by atoms with Crippen molar-refractivity contribution in [2.45, 2.75) is 146 Å². The van der Waals surface area contributed by atoms with Crippen molar-refractivity contribution in [1.82, 2.24) is 16.0 Å². The molecule has 4 fully saturated rings. The second-order valence-corrected chi connectivity index (χ2v) is 21.7. The van der Waals surface area contributed by atoms with Crippen LogP contribution in [0.3, 0.4) is 0 Å². The fourth-order valence-electron chi connectivity index (χ4n) is 12.1. The van der Waals surface area contributed by atoms with Gasteiger partial charge in [0.15, 0.2) is 23.5 Å². The number of carbonyl (C=O) groups is 7. The number of aliphatic hydroxyl groups is 2. The summed E-state index contributed by atoms with van der Waals surface area (Å²) >= 11 is 1.31. The number of hydrogen-bond acceptors (Lipinski definition) is 12. The average Bonchev–Trinajstić information content (AvgIpc) is 3.82. The van der Waals surface area contributed by atoms with E-state index in [1.807, 2.05) is 69.3 Å². The van der Waals surface area contributed by atoms with Crippen LogP contribution in [0.25, 0.3) is 0 Å². The standard InChI is InChI=1S/C53H68N4O12S/c1-7-37(8-2)70-41(26-45(63)64)49(67)54-21-19-44(62)55-29(3)47(65)56-30(4)48(66)57-35-11-9-10-32(23-35)22-31-12-14-33(15-13-31)50-68-43-25-39-38-17-16-34-24-36(59)18-20-51(34,5)46(38)40(60)27-52(39,6)53(43,69-50)42(61)28-58/h9-15,18,20,23-24,29-30,37-41,43,46,50,58,60H,7-8,16-17,19,21-22,25-28H2,1-6H3,(H,54,67)(H,55,62)(H,56,65)(H,57,66)(H,63,64)/t29-,30-,38-,39?,40-,41?,43+,46?,50+,51-,52-,53+/m0/s1. The van der Waals surface area contributed by atoms with Crippen LogP contribution in [0.1, 0.15) is 116 Å². The smallest absolute Gasteiger partial charge is 0.305 e. The predicted octanol–water partition coefficient (Wildman–Crippen LogP) is 5.10. The molecule has 2 aromatic carbocycles. The zero-order chi connectivity index (χ0) is 50.7. The van der Waals surface area contributed by atoms with Crippen molar-refractivity contribution >= 4 is 58.6 Å². The normalized spacial score (nSPS) is 29.8. The van der Waals surface area contributed by atoms with Crippen LogP contribution in [0.4, 0.5) is 5.69 Å². The van der Waals surface area contributed by atoms with Crippen molar-refractivity contribution in [1.29, 1.82) is 0 Å². The van der Waals surface area contributed by atoms with E-state index in [2.05, 4.69) is 28.2 Å². The number of carbonyl (C=O) groups excluding carboxylic acids is 6. The van der Waals surface area contributed by atoms with E-state index in [0.29, 0.717) is 24.1 Å². The fourth-order valence-corrected chi connectivity index (χ4v) is 13.4. The van der Waals surface area contributed by atoms with Gasteiger partial charge >= 0.3 is 5.97 Å². The lowest BCUT2D eigenvalue weighted by Crippen LogP contribution is -2.63. The number of hydrogen-bond donors (Lipinski definition) is 7. The quantitative estimate of drug-likeness (QED) is 0.0915. The number of amides is 4. The minimum Gasteiger partial charge on any atom is -0.481 e. The molecule has 1 saturated heterocycles. The van der Waals surface area contributed by atoms with Crippen molar-refractivity contribution < 1.29 is 58.4 Å². The van der Waals surface area contributed by atoms with Gasteiger partial charge in [0.25, 0.3) is 0 Å². The Morgan fingerprint density at radius 1 is 0.929 bits per heavy atom. The Morgan fingerprint density at radius 2 is 1.64 bits per heavy atom. The number of anilines is 1. The van der Waals surface area contributed by atoms with E-state index in [9.17, 15) is 48.9 Å². The van der Waals surface area contributed by atoms with Crippen LogP contribution in [0, 0.1) is 28.6 Å². The number of fused-ring (bicyclic) bond motifs is 7. The lowest BCUT2D eigenvalue weighted by Gasteiger charge is -2.59. The van der Waals surface area contributed by atoms with Gasteiger partial charge in [-0.2, -0.15) is 0 Å². The molecule has 2 aromatic rings. The number of aliphatic carboxylic acids is 1. The first-order valence-corrected chi connectivity index (χ1v) is 25.5. The second-order valence-electron chi connectivity index (χ2n) is 20.2. The maximum absolute atomic E-state index is 14.0. The summed E-state index contributed by atoms with van der Waals surface area (Å²) in [5.74, 6) is -3.69. The Balaban J connectivity index is 0.902. The Hall–Kier alpha value is -5.20. The maximum atomic E-state index is 14.0. The number of Topliss-reactive ketones (excluding diaryl/α,β-unsaturated/α-hetero) is 1. The van der Waals surface area contributed by atoms with Gasteiger partial charge in [0, 0.05) is 46.2 Å². The van der Waals surface area contributed by atoms with E-state index in [1.165, 1.54) is 25.6 Å². The van der Waals surface area contributed by atoms with E-state index in [-0.39, 0.29) is 54.6 Å². The van der Waals surface area contributed by atoms with Crippen LogP contribution in [-0.4, -0.2) is 110 Å². The SMILES string of the molecule is CCC(CC)SC(CC(=O)O)C(=O)NCCC(=O)N[C@@H](C)C(=O)N[C@@H](C)C(=O)Nc1cccc(Cc2ccc([C@@H]3O[C@@H]4CC5[C@@H]6CCC7=CC(=O)C=C[C@]7(C)C6[C@@H](O)C[C@]5(C)[C@]4(C(=O)CO)O3)cc2)c1. The molecule has 4 amide bonds. The molecular weight excluding hydrogens is 917 g/mol. The Kier molecular flexibility index (Phi) is 16.3. The van der Waals surface area contributed by atoms with Crippen LogP contribution in [-0.2, 0) is 49.5 Å². The van der Waals surface area contributed by atoms with E-state index >= 15 is 0 Å². The molecule has 0 aromatic heterocycles. The van der Waals surface area contributed by atoms with E-state index in [1.54, 1.807) is 18.2 Å². The second kappa shape index (κ2) is 21.7.